The quantitative estimate of drug-likeness (QED) is 0.159. The van der Waals surface area contributed by atoms with Gasteiger partial charge in [-0.2, -0.15) is 0 Å². The fourth-order valence-electron chi connectivity index (χ4n) is 12.1. The van der Waals surface area contributed by atoms with E-state index in [9.17, 15) is 39.6 Å². The predicted octanol–water partition coefficient (Wildman–Crippen LogP) is 5.06. The molecule has 12 nitrogen and oxygen atoms in total. The zero-order valence-electron chi connectivity index (χ0n) is 32.0. The number of carbonyl (C=O) groups excluding carboxylic acids is 3. The molecule has 0 radical (unpaired) electrons. The highest BCUT2D eigenvalue weighted by molar-refractivity contribution is 5.98. The Balaban J connectivity index is 0.976. The number of nitrogens with one attached hydrogen (secondary N) is 1. The number of methoxy groups -OCH3 is 1. The second-order valence-corrected chi connectivity index (χ2v) is 17.5. The van der Waals surface area contributed by atoms with Crippen molar-refractivity contribution in [1.29, 1.82) is 0 Å². The van der Waals surface area contributed by atoms with Crippen molar-refractivity contribution in [3.63, 3.8) is 0 Å². The topological polar surface area (TPSA) is 189 Å². The van der Waals surface area contributed by atoms with Gasteiger partial charge in [-0.25, -0.2) is 9.59 Å². The summed E-state index contributed by atoms with van der Waals surface area (Å²) < 4.78 is 15.9. The maximum Gasteiger partial charge on any atom is 0.342 e. The minimum Gasteiger partial charge on any atom is -0.507 e. The summed E-state index contributed by atoms with van der Waals surface area (Å²) in [5, 5.41) is 48.5. The third-order valence-corrected chi connectivity index (χ3v) is 15.1. The zero-order chi connectivity index (χ0) is 38.9. The van der Waals surface area contributed by atoms with E-state index < -0.39 is 35.0 Å². The Morgan fingerprint density at radius 3 is 2.50 bits per heavy atom. The van der Waals surface area contributed by atoms with Gasteiger partial charge in [0.2, 0.25) is 5.91 Å². The van der Waals surface area contributed by atoms with Crippen molar-refractivity contribution in [2.75, 3.05) is 13.7 Å². The Hall–Kier alpha value is -3.90. The van der Waals surface area contributed by atoms with Crippen LogP contribution >= 0.6 is 0 Å². The number of hydrogen-bond donors (Lipinski definition) is 5. The van der Waals surface area contributed by atoms with E-state index in [0.717, 1.165) is 43.3 Å². The minimum absolute atomic E-state index is 0.0304. The standard InChI is InChI=1S/C42H55NO11/c1-21(6-8-27-36(47)35-28(20-54-39(35)50)22(2)37(27)52-5)14-23(38(48)49)15-33(45)43-26-10-12-40(3)25(17-26)7-9-30-31(40)18-32(44)41(4)29(11-13-42(30,41)51)24-16-34(46)53-19-24/h6,16,23,25-26,29-32,44,47,51H,7-15,17-20H2,1-5H3,(H,43,45)(H,48,49)/b21-6+/t23-,25?,26+,29?,30?,31?,32?,40?,41?,42?/m1/s1. The van der Waals surface area contributed by atoms with Gasteiger partial charge in [0.05, 0.1) is 24.7 Å². The van der Waals surface area contributed by atoms with Crippen molar-refractivity contribution in [2.45, 2.75) is 123 Å². The highest BCUT2D eigenvalue weighted by Gasteiger charge is 2.70. The summed E-state index contributed by atoms with van der Waals surface area (Å²) in [6.45, 7) is 8.19. The fourth-order valence-corrected chi connectivity index (χ4v) is 12.1. The summed E-state index contributed by atoms with van der Waals surface area (Å²) in [4.78, 5) is 49.9. The lowest BCUT2D eigenvalue weighted by Gasteiger charge is -2.65. The van der Waals surface area contributed by atoms with Gasteiger partial charge < -0.3 is 40.0 Å². The van der Waals surface area contributed by atoms with Crippen molar-refractivity contribution in [3.05, 3.63) is 45.6 Å². The van der Waals surface area contributed by atoms with Crippen molar-refractivity contribution in [2.24, 2.45) is 40.4 Å². The molecular formula is C42H55NO11. The first-order chi connectivity index (χ1) is 25.5. The number of cyclic esters (lactones) is 2. The van der Waals surface area contributed by atoms with Gasteiger partial charge in [0.15, 0.2) is 0 Å². The number of aliphatic hydroxyl groups is 2. The summed E-state index contributed by atoms with van der Waals surface area (Å²) in [6, 6.07) is -0.0899. The van der Waals surface area contributed by atoms with Crippen LogP contribution in [0.5, 0.6) is 11.5 Å². The summed E-state index contributed by atoms with van der Waals surface area (Å²) in [5.74, 6) is -2.67. The Morgan fingerprint density at radius 1 is 1.06 bits per heavy atom. The van der Waals surface area contributed by atoms with E-state index in [2.05, 4.69) is 12.2 Å². The third-order valence-electron chi connectivity index (χ3n) is 15.1. The van der Waals surface area contributed by atoms with Crippen molar-refractivity contribution < 1.29 is 53.8 Å². The van der Waals surface area contributed by atoms with Gasteiger partial charge in [-0.05, 0) is 118 Å². The van der Waals surface area contributed by atoms with Crippen LogP contribution in [0.25, 0.3) is 0 Å². The van der Waals surface area contributed by atoms with E-state index >= 15 is 0 Å². The highest BCUT2D eigenvalue weighted by Crippen LogP contribution is 2.70. The molecule has 0 bridgehead atoms. The third kappa shape index (κ3) is 6.02. The minimum atomic E-state index is -1.07. The average Bonchev–Trinajstić information content (AvgIpc) is 3.81. The molecule has 54 heavy (non-hydrogen) atoms. The number of aliphatic carboxylic acids is 1. The summed E-state index contributed by atoms with van der Waals surface area (Å²) >= 11 is 0. The van der Waals surface area contributed by atoms with Gasteiger partial charge in [0.25, 0.3) is 0 Å². The van der Waals surface area contributed by atoms with E-state index in [1.165, 1.54) is 7.11 Å². The number of carboxylic acid groups (broad SMARTS) is 1. The lowest BCUT2D eigenvalue weighted by Crippen LogP contribution is -2.67. The maximum atomic E-state index is 13.4. The van der Waals surface area contributed by atoms with Crippen LogP contribution < -0.4 is 10.1 Å². The van der Waals surface area contributed by atoms with Crippen molar-refractivity contribution in [3.8, 4) is 11.5 Å². The Labute approximate surface area is 316 Å². The molecule has 7 rings (SSSR count). The fraction of sp³-hybridized carbons (Fsp3) is 0.667. The van der Waals surface area contributed by atoms with Crippen LogP contribution in [0.3, 0.4) is 0 Å². The number of phenols is 1. The van der Waals surface area contributed by atoms with Crippen molar-refractivity contribution in [1.82, 2.24) is 5.32 Å². The van der Waals surface area contributed by atoms with Gasteiger partial charge in [0, 0.05) is 35.1 Å². The van der Waals surface area contributed by atoms with Crippen LogP contribution in [0.1, 0.15) is 112 Å². The first kappa shape index (κ1) is 38.4. The first-order valence-corrected chi connectivity index (χ1v) is 19.6. The molecule has 1 aromatic rings. The van der Waals surface area contributed by atoms with Gasteiger partial charge in [-0.3, -0.25) is 9.59 Å². The molecule has 1 amide bonds. The number of carboxylic acids is 1. The molecule has 4 aliphatic carbocycles. The number of allylic oxidation sites excluding steroid dienone is 2. The molecule has 12 heteroatoms. The first-order valence-electron chi connectivity index (χ1n) is 19.6. The van der Waals surface area contributed by atoms with E-state index in [1.807, 2.05) is 6.92 Å². The van der Waals surface area contributed by atoms with E-state index in [0.29, 0.717) is 41.7 Å². The van der Waals surface area contributed by atoms with Crippen LogP contribution in [-0.2, 0) is 36.9 Å². The normalized spacial score (nSPS) is 36.2. The number of benzene rings is 1. The van der Waals surface area contributed by atoms with Gasteiger partial charge >= 0.3 is 17.9 Å². The molecule has 8 unspecified atom stereocenters. The smallest absolute Gasteiger partial charge is 0.342 e. The Bertz CT molecular complexity index is 1820. The number of amides is 1. The molecule has 0 saturated heterocycles. The SMILES string of the molecule is COc1c(C)c2c(c(O)c1C/C=C(\C)C[C@H](CC(=O)N[C@H]1CCC3(C)C(CCC4C3CC(O)C3(C)C(C5=CC(=O)OC5)CCC43O)C1)C(=O)O)C(=O)OC2. The van der Waals surface area contributed by atoms with Gasteiger partial charge in [0.1, 0.15) is 30.3 Å². The molecule has 2 heterocycles. The highest BCUT2D eigenvalue weighted by atomic mass is 16.5. The number of aromatic hydroxyl groups is 1. The Kier molecular flexibility index (Phi) is 9.94. The monoisotopic (exact) mass is 749 g/mol. The largest absolute Gasteiger partial charge is 0.507 e. The molecular weight excluding hydrogens is 694 g/mol. The van der Waals surface area contributed by atoms with E-state index in [-0.39, 0.29) is 90.8 Å². The number of fused-ring (bicyclic) bond motifs is 6. The summed E-state index contributed by atoms with van der Waals surface area (Å²) in [7, 11) is 1.49. The van der Waals surface area contributed by atoms with Crippen LogP contribution in [-0.4, -0.2) is 75.7 Å². The van der Waals surface area contributed by atoms with Crippen molar-refractivity contribution >= 4 is 23.8 Å². The second-order valence-electron chi connectivity index (χ2n) is 17.5. The maximum absolute atomic E-state index is 13.4. The van der Waals surface area contributed by atoms with Crippen LogP contribution in [0.4, 0.5) is 0 Å². The molecule has 4 fully saturated rings. The Morgan fingerprint density at radius 2 is 1.81 bits per heavy atom. The van der Waals surface area contributed by atoms with Crippen LogP contribution in [0.2, 0.25) is 0 Å². The van der Waals surface area contributed by atoms with Gasteiger partial charge in [-0.1, -0.05) is 25.5 Å². The number of carbonyl (C=O) groups is 4. The van der Waals surface area contributed by atoms with Crippen LogP contribution in [0.15, 0.2) is 23.3 Å². The molecule has 4 saturated carbocycles. The summed E-state index contributed by atoms with van der Waals surface area (Å²) in [5.41, 5.74) is 1.53. The molecule has 294 valence electrons. The van der Waals surface area contributed by atoms with Crippen LogP contribution in [0, 0.1) is 47.3 Å². The average molecular weight is 750 g/mol. The molecule has 10 atom stereocenters. The molecule has 1 aromatic carbocycles. The second kappa shape index (κ2) is 14.0. The van der Waals surface area contributed by atoms with E-state index in [1.54, 1.807) is 26.0 Å². The number of hydrogen-bond acceptors (Lipinski definition) is 10. The number of rotatable bonds is 10. The lowest BCUT2D eigenvalue weighted by atomic mass is 9.42. The molecule has 0 aromatic heterocycles. The molecule has 5 N–H and O–H groups in total. The predicted molar refractivity (Wildman–Crippen MR) is 195 cm³/mol. The number of ether oxygens (including phenoxy) is 3. The summed E-state index contributed by atoms with van der Waals surface area (Å²) in [6.07, 6.45) is 8.73. The molecule has 0 spiro atoms. The zero-order valence-corrected chi connectivity index (χ0v) is 32.0. The number of esters is 2. The number of aliphatic hydroxyl groups excluding tert-OH is 1. The molecule has 6 aliphatic rings. The van der Waals surface area contributed by atoms with Gasteiger partial charge in [-0.15, -0.1) is 0 Å². The lowest BCUT2D eigenvalue weighted by molar-refractivity contribution is -0.243. The van der Waals surface area contributed by atoms with E-state index in [4.69, 9.17) is 14.2 Å². The number of phenolic OH excluding ortho intramolecular Hbond substituents is 1. The molecule has 2 aliphatic heterocycles.